The lowest BCUT2D eigenvalue weighted by Crippen LogP contribution is -2.47. The van der Waals surface area contributed by atoms with Crippen LogP contribution in [0.4, 0.5) is 5.69 Å². The van der Waals surface area contributed by atoms with E-state index in [0.717, 1.165) is 57.5 Å². The first kappa shape index (κ1) is 19.8. The predicted molar refractivity (Wildman–Crippen MR) is 106 cm³/mol. The summed E-state index contributed by atoms with van der Waals surface area (Å²) in [5.74, 6) is 0.768. The number of likely N-dealkylation sites (tertiary alicyclic amines) is 1. The second-order valence-electron chi connectivity index (χ2n) is 7.97. The van der Waals surface area contributed by atoms with Gasteiger partial charge in [0.2, 0.25) is 5.91 Å². The third kappa shape index (κ3) is 4.68. The van der Waals surface area contributed by atoms with E-state index in [4.69, 9.17) is 4.74 Å². The van der Waals surface area contributed by atoms with E-state index in [2.05, 4.69) is 17.6 Å². The first-order valence-corrected chi connectivity index (χ1v) is 9.94. The van der Waals surface area contributed by atoms with Gasteiger partial charge in [0.25, 0.3) is 5.91 Å². The number of ether oxygens (including phenoxy) is 1. The Hall–Kier alpha value is -1.92. The second kappa shape index (κ2) is 8.85. The molecule has 0 unspecified atom stereocenters. The average Bonchev–Trinajstić information content (AvgIpc) is 2.69. The molecule has 0 atom stereocenters. The zero-order chi connectivity index (χ0) is 19.3. The second-order valence-corrected chi connectivity index (χ2v) is 7.97. The maximum absolute atomic E-state index is 12.9. The van der Waals surface area contributed by atoms with Crippen LogP contribution in [0.5, 0.6) is 0 Å². The molecule has 2 aliphatic rings. The van der Waals surface area contributed by atoms with Crippen LogP contribution in [-0.4, -0.2) is 56.6 Å². The fourth-order valence-electron chi connectivity index (χ4n) is 3.97. The number of hydrogen-bond donors (Lipinski definition) is 2. The molecule has 0 bridgehead atoms. The van der Waals surface area contributed by atoms with Crippen molar-refractivity contribution in [1.82, 2.24) is 10.2 Å². The number of anilines is 1. The van der Waals surface area contributed by atoms with Crippen LogP contribution in [0.2, 0.25) is 0 Å². The van der Waals surface area contributed by atoms with Crippen molar-refractivity contribution < 1.29 is 14.3 Å². The summed E-state index contributed by atoms with van der Waals surface area (Å²) >= 11 is 0. The highest BCUT2D eigenvalue weighted by atomic mass is 16.5. The Labute approximate surface area is 161 Å². The standard InChI is InChI=1S/C21H31N3O3/c1-16-7-13-24(14-8-16)19(25)17-3-5-18(6-4-17)23-20(26)21(15-27-2)9-11-22-12-10-21/h3-6,16,22H,7-15H2,1-2H3,(H,23,26). The summed E-state index contributed by atoms with van der Waals surface area (Å²) < 4.78 is 5.33. The molecular weight excluding hydrogens is 342 g/mol. The third-order valence-corrected chi connectivity index (χ3v) is 5.92. The van der Waals surface area contributed by atoms with Gasteiger partial charge in [-0.25, -0.2) is 0 Å². The molecule has 3 rings (SSSR count). The first-order valence-electron chi connectivity index (χ1n) is 9.94. The summed E-state index contributed by atoms with van der Waals surface area (Å²) in [5, 5.41) is 6.31. The van der Waals surface area contributed by atoms with Crippen LogP contribution >= 0.6 is 0 Å². The Balaban J connectivity index is 1.63. The number of benzene rings is 1. The van der Waals surface area contributed by atoms with Crippen molar-refractivity contribution in [3.05, 3.63) is 29.8 Å². The number of carbonyl (C=O) groups excluding carboxylic acids is 2. The van der Waals surface area contributed by atoms with Gasteiger partial charge < -0.3 is 20.3 Å². The predicted octanol–water partition coefficient (Wildman–Crippen LogP) is 2.51. The molecule has 0 spiro atoms. The van der Waals surface area contributed by atoms with E-state index in [9.17, 15) is 9.59 Å². The fourth-order valence-corrected chi connectivity index (χ4v) is 3.97. The maximum Gasteiger partial charge on any atom is 0.253 e. The summed E-state index contributed by atoms with van der Waals surface area (Å²) in [7, 11) is 1.64. The van der Waals surface area contributed by atoms with Crippen LogP contribution in [0.1, 0.15) is 43.0 Å². The monoisotopic (exact) mass is 373 g/mol. The van der Waals surface area contributed by atoms with Crippen molar-refractivity contribution in [2.45, 2.75) is 32.6 Å². The Morgan fingerprint density at radius 2 is 1.81 bits per heavy atom. The smallest absolute Gasteiger partial charge is 0.253 e. The zero-order valence-corrected chi connectivity index (χ0v) is 16.4. The van der Waals surface area contributed by atoms with E-state index >= 15 is 0 Å². The van der Waals surface area contributed by atoms with Crippen LogP contribution in [-0.2, 0) is 9.53 Å². The van der Waals surface area contributed by atoms with Crippen molar-refractivity contribution >= 4 is 17.5 Å². The molecule has 6 nitrogen and oxygen atoms in total. The molecule has 1 aromatic rings. The number of amides is 2. The summed E-state index contributed by atoms with van der Waals surface area (Å²) in [4.78, 5) is 27.4. The summed E-state index contributed by atoms with van der Waals surface area (Å²) in [5.41, 5.74) is 0.910. The minimum Gasteiger partial charge on any atom is -0.384 e. The van der Waals surface area contributed by atoms with Gasteiger partial charge in [0.05, 0.1) is 12.0 Å². The van der Waals surface area contributed by atoms with Crippen LogP contribution in [0.15, 0.2) is 24.3 Å². The molecule has 0 saturated carbocycles. The molecule has 2 aliphatic heterocycles. The molecule has 0 radical (unpaired) electrons. The minimum absolute atomic E-state index is 0.00468. The summed E-state index contributed by atoms with van der Waals surface area (Å²) in [6, 6.07) is 7.25. The van der Waals surface area contributed by atoms with Gasteiger partial charge in [0.1, 0.15) is 0 Å². The van der Waals surface area contributed by atoms with Gasteiger partial charge in [-0.15, -0.1) is 0 Å². The Morgan fingerprint density at radius 1 is 1.19 bits per heavy atom. The first-order chi connectivity index (χ1) is 13.0. The van der Waals surface area contributed by atoms with E-state index in [-0.39, 0.29) is 11.8 Å². The lowest BCUT2D eigenvalue weighted by atomic mass is 9.78. The van der Waals surface area contributed by atoms with Crippen LogP contribution in [0.25, 0.3) is 0 Å². The SMILES string of the molecule is COCC1(C(=O)Nc2ccc(C(=O)N3CCC(C)CC3)cc2)CCNCC1. The largest absolute Gasteiger partial charge is 0.384 e. The fraction of sp³-hybridized carbons (Fsp3) is 0.619. The van der Waals surface area contributed by atoms with E-state index < -0.39 is 5.41 Å². The third-order valence-electron chi connectivity index (χ3n) is 5.92. The molecule has 0 aliphatic carbocycles. The lowest BCUT2D eigenvalue weighted by Gasteiger charge is -2.35. The molecule has 2 N–H and O–H groups in total. The van der Waals surface area contributed by atoms with Crippen molar-refractivity contribution in [3.8, 4) is 0 Å². The highest BCUT2D eigenvalue weighted by Crippen LogP contribution is 2.31. The Kier molecular flexibility index (Phi) is 6.50. The molecule has 1 aromatic carbocycles. The van der Waals surface area contributed by atoms with E-state index in [1.165, 1.54) is 0 Å². The number of piperidine rings is 2. The van der Waals surface area contributed by atoms with Gasteiger partial charge in [-0.2, -0.15) is 0 Å². The molecule has 148 valence electrons. The Morgan fingerprint density at radius 3 is 2.41 bits per heavy atom. The normalized spacial score (nSPS) is 20.3. The van der Waals surface area contributed by atoms with Crippen molar-refractivity contribution in [2.75, 3.05) is 45.2 Å². The van der Waals surface area contributed by atoms with Gasteiger partial charge in [-0.3, -0.25) is 9.59 Å². The van der Waals surface area contributed by atoms with Crippen LogP contribution in [0, 0.1) is 11.3 Å². The quantitative estimate of drug-likeness (QED) is 0.832. The molecule has 27 heavy (non-hydrogen) atoms. The highest BCUT2D eigenvalue weighted by Gasteiger charge is 2.39. The molecule has 6 heteroatoms. The van der Waals surface area contributed by atoms with E-state index in [1.54, 1.807) is 19.2 Å². The molecule has 2 fully saturated rings. The maximum atomic E-state index is 12.9. The number of rotatable bonds is 5. The number of carbonyl (C=O) groups is 2. The van der Waals surface area contributed by atoms with Crippen LogP contribution in [0.3, 0.4) is 0 Å². The molecule has 2 heterocycles. The molecule has 2 amide bonds. The van der Waals surface area contributed by atoms with Gasteiger partial charge in [-0.1, -0.05) is 6.92 Å². The molecule has 0 aromatic heterocycles. The summed E-state index contributed by atoms with van der Waals surface area (Å²) in [6.07, 6.45) is 3.65. The Bertz CT molecular complexity index is 640. The van der Waals surface area contributed by atoms with Gasteiger partial charge >= 0.3 is 0 Å². The number of methoxy groups -OCH3 is 1. The van der Waals surface area contributed by atoms with E-state index in [0.29, 0.717) is 18.1 Å². The van der Waals surface area contributed by atoms with Gasteiger partial charge in [-0.05, 0) is 69.0 Å². The van der Waals surface area contributed by atoms with Crippen molar-refractivity contribution in [1.29, 1.82) is 0 Å². The lowest BCUT2D eigenvalue weighted by molar-refractivity contribution is -0.130. The summed E-state index contributed by atoms with van der Waals surface area (Å²) in [6.45, 7) is 5.94. The molecule has 2 saturated heterocycles. The number of nitrogens with zero attached hydrogens (tertiary/aromatic N) is 1. The topological polar surface area (TPSA) is 70.7 Å². The number of nitrogens with one attached hydrogen (secondary N) is 2. The average molecular weight is 373 g/mol. The van der Waals surface area contributed by atoms with Crippen LogP contribution < -0.4 is 10.6 Å². The number of hydrogen-bond acceptors (Lipinski definition) is 4. The van der Waals surface area contributed by atoms with Gasteiger partial charge in [0, 0.05) is 31.5 Å². The van der Waals surface area contributed by atoms with E-state index in [1.807, 2.05) is 17.0 Å². The van der Waals surface area contributed by atoms with Crippen molar-refractivity contribution in [2.24, 2.45) is 11.3 Å². The molecular formula is C21H31N3O3. The highest BCUT2D eigenvalue weighted by molar-refractivity contribution is 5.97. The van der Waals surface area contributed by atoms with Crippen molar-refractivity contribution in [3.63, 3.8) is 0 Å². The van der Waals surface area contributed by atoms with Gasteiger partial charge in [0.15, 0.2) is 0 Å². The zero-order valence-electron chi connectivity index (χ0n) is 16.4. The minimum atomic E-state index is -0.487.